The number of rotatable bonds is 5. The van der Waals surface area contributed by atoms with E-state index in [4.69, 9.17) is 20.5 Å². The summed E-state index contributed by atoms with van der Waals surface area (Å²) in [5.74, 6) is 0.825. The zero-order chi connectivity index (χ0) is 15.3. The highest BCUT2D eigenvalue weighted by Gasteiger charge is 2.08. The lowest BCUT2D eigenvalue weighted by atomic mass is 10.2. The Balaban J connectivity index is 2.13. The smallest absolute Gasteiger partial charge is 0.332 e. The molecule has 0 heterocycles. The van der Waals surface area contributed by atoms with Crippen LogP contribution in [-0.2, 0) is 10.1 Å². The third kappa shape index (κ3) is 4.51. The van der Waals surface area contributed by atoms with Crippen LogP contribution in [0.1, 0.15) is 5.56 Å². The molecule has 0 spiro atoms. The molecule has 0 fully saturated rings. The van der Waals surface area contributed by atoms with Crippen LogP contribution in [0.4, 0.5) is 0 Å². The minimum Gasteiger partial charge on any atom is -0.497 e. The van der Waals surface area contributed by atoms with Gasteiger partial charge in [-0.15, -0.1) is 0 Å². The minimum atomic E-state index is -3.85. The zero-order valence-electron chi connectivity index (χ0n) is 11.2. The molecular formula is C15H13ClO4S. The molecule has 0 saturated heterocycles. The summed E-state index contributed by atoms with van der Waals surface area (Å²) < 4.78 is 33.6. The van der Waals surface area contributed by atoms with Crippen molar-refractivity contribution in [3.63, 3.8) is 0 Å². The molecule has 2 aromatic rings. The number of hydrogen-bond donors (Lipinski definition) is 0. The molecule has 2 aromatic carbocycles. The second-order valence-corrected chi connectivity index (χ2v) is 5.91. The van der Waals surface area contributed by atoms with Gasteiger partial charge in [0.2, 0.25) is 0 Å². The van der Waals surface area contributed by atoms with E-state index in [2.05, 4.69) is 0 Å². The quantitative estimate of drug-likeness (QED) is 0.786. The van der Waals surface area contributed by atoms with Crippen LogP contribution in [0.5, 0.6) is 11.5 Å². The predicted molar refractivity (Wildman–Crippen MR) is 83.0 cm³/mol. The second-order valence-electron chi connectivity index (χ2n) is 4.08. The summed E-state index contributed by atoms with van der Waals surface area (Å²) in [6, 6.07) is 13.2. The van der Waals surface area contributed by atoms with Gasteiger partial charge < -0.3 is 8.92 Å². The van der Waals surface area contributed by atoms with Crippen molar-refractivity contribution in [2.24, 2.45) is 0 Å². The third-order valence-corrected chi connectivity index (χ3v) is 3.83. The lowest BCUT2D eigenvalue weighted by Crippen LogP contribution is -2.04. The van der Waals surface area contributed by atoms with Gasteiger partial charge in [-0.1, -0.05) is 29.8 Å². The normalized spacial score (nSPS) is 11.5. The average Bonchev–Trinajstić information content (AvgIpc) is 2.47. The maximum atomic E-state index is 11.9. The molecule has 0 aromatic heterocycles. The summed E-state index contributed by atoms with van der Waals surface area (Å²) in [4.78, 5) is 0. The van der Waals surface area contributed by atoms with Gasteiger partial charge in [0, 0.05) is 5.02 Å². The Hall–Kier alpha value is -1.98. The van der Waals surface area contributed by atoms with Crippen molar-refractivity contribution in [1.82, 2.24) is 0 Å². The van der Waals surface area contributed by atoms with Crippen LogP contribution < -0.4 is 8.92 Å². The van der Waals surface area contributed by atoms with Gasteiger partial charge in [-0.3, -0.25) is 0 Å². The molecule has 110 valence electrons. The molecular weight excluding hydrogens is 312 g/mol. The van der Waals surface area contributed by atoms with E-state index in [1.54, 1.807) is 36.4 Å². The number of halogens is 1. The molecule has 0 atom stereocenters. The predicted octanol–water partition coefficient (Wildman–Crippen LogP) is 3.73. The monoisotopic (exact) mass is 324 g/mol. The van der Waals surface area contributed by atoms with Crippen LogP contribution in [0, 0.1) is 0 Å². The summed E-state index contributed by atoms with van der Waals surface area (Å²) in [5, 5.41) is 1.44. The Bertz CT molecular complexity index is 737. The van der Waals surface area contributed by atoms with Crippen LogP contribution in [0.3, 0.4) is 0 Å². The number of ether oxygens (including phenoxy) is 1. The second kappa shape index (κ2) is 6.65. The summed E-state index contributed by atoms with van der Waals surface area (Å²) in [6.07, 6.45) is 1.39. The zero-order valence-corrected chi connectivity index (χ0v) is 12.8. The molecule has 4 nitrogen and oxygen atoms in total. The topological polar surface area (TPSA) is 52.6 Å². The van der Waals surface area contributed by atoms with E-state index in [9.17, 15) is 8.42 Å². The highest BCUT2D eigenvalue weighted by atomic mass is 35.5. The highest BCUT2D eigenvalue weighted by Crippen LogP contribution is 2.20. The molecule has 0 saturated carbocycles. The van der Waals surface area contributed by atoms with E-state index in [0.29, 0.717) is 16.3 Å². The van der Waals surface area contributed by atoms with Crippen molar-refractivity contribution in [2.75, 3.05) is 7.11 Å². The van der Waals surface area contributed by atoms with Gasteiger partial charge in [0.25, 0.3) is 0 Å². The van der Waals surface area contributed by atoms with Gasteiger partial charge >= 0.3 is 10.1 Å². The molecule has 2 rings (SSSR count). The van der Waals surface area contributed by atoms with Crippen molar-refractivity contribution >= 4 is 27.8 Å². The first-order valence-corrected chi connectivity index (χ1v) is 7.86. The third-order valence-electron chi connectivity index (χ3n) is 2.59. The van der Waals surface area contributed by atoms with Crippen molar-refractivity contribution in [1.29, 1.82) is 0 Å². The lowest BCUT2D eigenvalue weighted by Gasteiger charge is -2.04. The fraction of sp³-hybridized carbons (Fsp3) is 0.0667. The SMILES string of the molecule is COc1ccc(OS(=O)(=O)/C=C/c2ccccc2Cl)cc1. The fourth-order valence-electron chi connectivity index (χ4n) is 1.56. The van der Waals surface area contributed by atoms with Crippen LogP contribution in [-0.4, -0.2) is 15.5 Å². The van der Waals surface area contributed by atoms with Gasteiger partial charge in [-0.05, 0) is 42.0 Å². The van der Waals surface area contributed by atoms with Crippen molar-refractivity contribution in [3.8, 4) is 11.5 Å². The molecule has 6 heteroatoms. The van der Waals surface area contributed by atoms with E-state index in [1.165, 1.54) is 25.3 Å². The van der Waals surface area contributed by atoms with Crippen LogP contribution in [0.15, 0.2) is 53.9 Å². The summed E-state index contributed by atoms with van der Waals surface area (Å²) in [6.45, 7) is 0. The number of methoxy groups -OCH3 is 1. The van der Waals surface area contributed by atoms with Gasteiger partial charge in [0.15, 0.2) is 0 Å². The number of benzene rings is 2. The molecule has 0 radical (unpaired) electrons. The van der Waals surface area contributed by atoms with Crippen molar-refractivity contribution in [3.05, 3.63) is 64.5 Å². The lowest BCUT2D eigenvalue weighted by molar-refractivity contribution is 0.414. The highest BCUT2D eigenvalue weighted by molar-refractivity contribution is 7.90. The Morgan fingerprint density at radius 3 is 2.24 bits per heavy atom. The first kappa shape index (κ1) is 15.4. The standard InChI is InChI=1S/C15H13ClO4S/c1-19-13-6-8-14(9-7-13)20-21(17,18)11-10-12-4-2-3-5-15(12)16/h2-11H,1H3/b11-10+. The van der Waals surface area contributed by atoms with Gasteiger partial charge in [-0.25, -0.2) is 0 Å². The maximum absolute atomic E-state index is 11.9. The Morgan fingerprint density at radius 1 is 1.00 bits per heavy atom. The van der Waals surface area contributed by atoms with E-state index in [0.717, 1.165) is 5.41 Å². The number of hydrogen-bond acceptors (Lipinski definition) is 4. The Morgan fingerprint density at radius 2 is 1.62 bits per heavy atom. The Kier molecular flexibility index (Phi) is 4.88. The Labute approximate surface area is 128 Å². The summed E-state index contributed by atoms with van der Waals surface area (Å²) in [7, 11) is -2.32. The van der Waals surface area contributed by atoms with E-state index in [-0.39, 0.29) is 5.75 Å². The molecule has 0 N–H and O–H groups in total. The van der Waals surface area contributed by atoms with Crippen molar-refractivity contribution in [2.45, 2.75) is 0 Å². The molecule has 21 heavy (non-hydrogen) atoms. The van der Waals surface area contributed by atoms with Crippen LogP contribution in [0.2, 0.25) is 5.02 Å². The van der Waals surface area contributed by atoms with Gasteiger partial charge in [-0.2, -0.15) is 8.42 Å². The van der Waals surface area contributed by atoms with E-state index < -0.39 is 10.1 Å². The minimum absolute atomic E-state index is 0.208. The fourth-order valence-corrected chi connectivity index (χ4v) is 2.51. The van der Waals surface area contributed by atoms with Crippen LogP contribution in [0.25, 0.3) is 6.08 Å². The largest absolute Gasteiger partial charge is 0.497 e. The summed E-state index contributed by atoms with van der Waals surface area (Å²) >= 11 is 5.95. The molecule has 0 aliphatic rings. The molecule has 0 amide bonds. The summed E-state index contributed by atoms with van der Waals surface area (Å²) in [5.41, 5.74) is 0.598. The van der Waals surface area contributed by atoms with Crippen molar-refractivity contribution < 1.29 is 17.3 Å². The molecule has 0 aliphatic carbocycles. The van der Waals surface area contributed by atoms with Gasteiger partial charge in [0.05, 0.1) is 12.5 Å². The first-order valence-electron chi connectivity index (χ1n) is 6.01. The van der Waals surface area contributed by atoms with E-state index in [1.807, 2.05) is 0 Å². The molecule has 0 bridgehead atoms. The van der Waals surface area contributed by atoms with E-state index >= 15 is 0 Å². The van der Waals surface area contributed by atoms with Gasteiger partial charge in [0.1, 0.15) is 11.5 Å². The molecule has 0 aliphatic heterocycles. The van der Waals surface area contributed by atoms with Crippen LogP contribution >= 0.6 is 11.6 Å². The average molecular weight is 325 g/mol. The molecule has 0 unspecified atom stereocenters. The maximum Gasteiger partial charge on any atom is 0.332 e. The first-order chi connectivity index (χ1) is 10.00.